The molecule has 1 aromatic heterocycles. The van der Waals surface area contributed by atoms with Crippen LogP contribution in [0.3, 0.4) is 0 Å². The Balaban J connectivity index is 2.09. The van der Waals surface area contributed by atoms with Gasteiger partial charge in [-0.25, -0.2) is 9.97 Å². The maximum absolute atomic E-state index is 12.5. The first-order chi connectivity index (χ1) is 11.2. The number of amides is 1. The molecule has 0 aromatic carbocycles. The number of rotatable bonds is 6. The maximum Gasteiger partial charge on any atom is 0.245 e. The predicted molar refractivity (Wildman–Crippen MR) is 92.8 cm³/mol. The summed E-state index contributed by atoms with van der Waals surface area (Å²) in [4.78, 5) is 20.5. The molecule has 1 aromatic rings. The Morgan fingerprint density at radius 1 is 1.48 bits per heavy atom. The molecule has 0 aliphatic heterocycles. The van der Waals surface area contributed by atoms with Gasteiger partial charge in [0.15, 0.2) is 11.0 Å². The highest BCUT2D eigenvalue weighted by atomic mass is 35.5. The molecular weight excluding hydrogens is 312 g/mol. The first-order valence-corrected chi connectivity index (χ1v) is 8.08. The molecule has 0 fully saturated rings. The highest BCUT2D eigenvalue weighted by Gasteiger charge is 2.27. The van der Waals surface area contributed by atoms with Gasteiger partial charge in [-0.15, -0.1) is 0 Å². The largest absolute Gasteiger partial charge is 0.279 e. The topological polar surface area (TPSA) is 66.9 Å². The Morgan fingerprint density at radius 2 is 2.26 bits per heavy atom. The molecule has 0 spiro atoms. The van der Waals surface area contributed by atoms with Crippen molar-refractivity contribution in [2.24, 2.45) is 5.92 Å². The number of nitrogens with one attached hydrogen (secondary N) is 2. The Morgan fingerprint density at radius 3 is 2.96 bits per heavy atom. The molecule has 1 unspecified atom stereocenters. The van der Waals surface area contributed by atoms with Crippen LogP contribution in [0.15, 0.2) is 48.3 Å². The van der Waals surface area contributed by atoms with Crippen LogP contribution in [-0.4, -0.2) is 15.9 Å². The third-order valence-corrected chi connectivity index (χ3v) is 4.14. The van der Waals surface area contributed by atoms with Crippen LogP contribution in [0, 0.1) is 5.92 Å². The molecule has 1 aliphatic rings. The van der Waals surface area contributed by atoms with Crippen LogP contribution < -0.4 is 10.9 Å². The standard InChI is InChI=1S/C17H21ClN4O/c1-3-5-7-12-8-6-9-14(13(12)4-2)17(23)22-21-16-15(18)19-10-11-20-16/h3,5,7,10-11,14H,1,4,6,8-9H2,2H3,(H,20,21)(H,22,23)/b7-5-. The number of anilines is 1. The Hall–Kier alpha value is -2.14. The van der Waals surface area contributed by atoms with E-state index in [2.05, 4.69) is 40.4 Å². The lowest BCUT2D eigenvalue weighted by Crippen LogP contribution is -2.37. The molecular formula is C17H21ClN4O. The van der Waals surface area contributed by atoms with Crippen LogP contribution in [0.2, 0.25) is 5.15 Å². The van der Waals surface area contributed by atoms with Gasteiger partial charge in [-0.2, -0.15) is 0 Å². The van der Waals surface area contributed by atoms with Crippen molar-refractivity contribution in [1.82, 2.24) is 15.4 Å². The summed E-state index contributed by atoms with van der Waals surface area (Å²) >= 11 is 5.91. The summed E-state index contributed by atoms with van der Waals surface area (Å²) in [5.41, 5.74) is 7.86. The third kappa shape index (κ3) is 4.42. The lowest BCUT2D eigenvalue weighted by atomic mass is 9.80. The van der Waals surface area contributed by atoms with Crippen molar-refractivity contribution in [1.29, 1.82) is 0 Å². The molecule has 1 atom stereocenters. The number of halogens is 1. The van der Waals surface area contributed by atoms with Gasteiger partial charge in [0.2, 0.25) is 5.91 Å². The van der Waals surface area contributed by atoms with Crippen molar-refractivity contribution in [3.8, 4) is 0 Å². The first-order valence-electron chi connectivity index (χ1n) is 7.70. The average Bonchev–Trinajstić information content (AvgIpc) is 2.58. The van der Waals surface area contributed by atoms with Crippen LogP contribution in [-0.2, 0) is 4.79 Å². The van der Waals surface area contributed by atoms with Gasteiger partial charge in [0.25, 0.3) is 0 Å². The molecule has 0 bridgehead atoms. The quantitative estimate of drug-likeness (QED) is 0.614. The van der Waals surface area contributed by atoms with Gasteiger partial charge >= 0.3 is 0 Å². The van der Waals surface area contributed by atoms with Crippen molar-refractivity contribution in [3.05, 3.63) is 53.5 Å². The zero-order chi connectivity index (χ0) is 16.7. The fraction of sp³-hybridized carbons (Fsp3) is 0.353. The van der Waals surface area contributed by atoms with Crippen LogP contribution in [0.1, 0.15) is 32.6 Å². The van der Waals surface area contributed by atoms with Crippen molar-refractivity contribution < 1.29 is 4.79 Å². The van der Waals surface area contributed by atoms with Gasteiger partial charge in [0.05, 0.1) is 5.92 Å². The highest BCUT2D eigenvalue weighted by Crippen LogP contribution is 2.33. The number of hydrogen-bond donors (Lipinski definition) is 2. The van der Waals surface area contributed by atoms with Crippen LogP contribution in [0.4, 0.5) is 5.82 Å². The molecule has 6 heteroatoms. The average molecular weight is 333 g/mol. The zero-order valence-electron chi connectivity index (χ0n) is 13.2. The van der Waals surface area contributed by atoms with E-state index in [0.717, 1.165) is 25.7 Å². The van der Waals surface area contributed by atoms with E-state index in [0.29, 0.717) is 5.82 Å². The van der Waals surface area contributed by atoms with E-state index in [1.54, 1.807) is 6.08 Å². The van der Waals surface area contributed by atoms with E-state index in [1.165, 1.54) is 23.5 Å². The molecule has 0 radical (unpaired) electrons. The van der Waals surface area contributed by atoms with Gasteiger partial charge in [0.1, 0.15) is 0 Å². The number of aromatic nitrogens is 2. The lowest BCUT2D eigenvalue weighted by Gasteiger charge is -2.26. The fourth-order valence-corrected chi connectivity index (χ4v) is 2.96. The minimum absolute atomic E-state index is 0.0761. The number of allylic oxidation sites excluding steroid dienone is 4. The molecule has 1 amide bonds. The predicted octanol–water partition coefficient (Wildman–Crippen LogP) is 3.82. The number of carbonyl (C=O) groups is 1. The number of carbonyl (C=O) groups excluding carboxylic acids is 1. The van der Waals surface area contributed by atoms with Gasteiger partial charge in [-0.1, -0.05) is 48.9 Å². The smallest absolute Gasteiger partial charge is 0.245 e. The minimum Gasteiger partial charge on any atom is -0.279 e. The summed E-state index contributed by atoms with van der Waals surface area (Å²) in [6.45, 7) is 5.78. The van der Waals surface area contributed by atoms with Gasteiger partial charge in [-0.3, -0.25) is 15.6 Å². The van der Waals surface area contributed by atoms with E-state index in [9.17, 15) is 4.79 Å². The molecule has 2 N–H and O–H groups in total. The van der Waals surface area contributed by atoms with Gasteiger partial charge in [0, 0.05) is 12.4 Å². The Labute approximate surface area is 141 Å². The fourth-order valence-electron chi connectivity index (χ4n) is 2.81. The summed E-state index contributed by atoms with van der Waals surface area (Å²) in [5.74, 6) is 0.126. The molecule has 5 nitrogen and oxygen atoms in total. The number of hydrogen-bond acceptors (Lipinski definition) is 4. The molecule has 23 heavy (non-hydrogen) atoms. The second kappa shape index (κ2) is 8.48. The normalized spacial score (nSPS) is 18.1. The number of nitrogens with zero attached hydrogens (tertiary/aromatic N) is 2. The van der Waals surface area contributed by atoms with Crippen molar-refractivity contribution in [3.63, 3.8) is 0 Å². The zero-order valence-corrected chi connectivity index (χ0v) is 13.9. The molecule has 2 rings (SSSR count). The summed E-state index contributed by atoms with van der Waals surface area (Å²) < 4.78 is 0. The maximum atomic E-state index is 12.5. The van der Waals surface area contributed by atoms with E-state index >= 15 is 0 Å². The van der Waals surface area contributed by atoms with E-state index in [-0.39, 0.29) is 17.0 Å². The van der Waals surface area contributed by atoms with Crippen molar-refractivity contribution in [2.75, 3.05) is 5.43 Å². The Bertz CT molecular complexity index is 639. The van der Waals surface area contributed by atoms with E-state index < -0.39 is 0 Å². The minimum atomic E-state index is -0.138. The van der Waals surface area contributed by atoms with Crippen LogP contribution >= 0.6 is 11.6 Å². The van der Waals surface area contributed by atoms with Crippen LogP contribution in [0.25, 0.3) is 0 Å². The van der Waals surface area contributed by atoms with Gasteiger partial charge < -0.3 is 0 Å². The summed E-state index contributed by atoms with van der Waals surface area (Å²) in [7, 11) is 0. The second-order valence-corrected chi connectivity index (χ2v) is 5.61. The summed E-state index contributed by atoms with van der Waals surface area (Å²) in [6, 6.07) is 0. The van der Waals surface area contributed by atoms with E-state index in [1.807, 2.05) is 6.08 Å². The van der Waals surface area contributed by atoms with Crippen molar-refractivity contribution in [2.45, 2.75) is 32.6 Å². The summed E-state index contributed by atoms with van der Waals surface area (Å²) in [5, 5.41) is 0.220. The molecule has 0 saturated carbocycles. The van der Waals surface area contributed by atoms with Crippen molar-refractivity contribution >= 4 is 23.3 Å². The summed E-state index contributed by atoms with van der Waals surface area (Å²) in [6.07, 6.45) is 12.4. The second-order valence-electron chi connectivity index (χ2n) is 5.25. The third-order valence-electron chi connectivity index (χ3n) is 3.86. The SMILES string of the molecule is C=C/C=C\C1=C(CC)C(C(=O)NNc2nccnc2Cl)CCC1. The highest BCUT2D eigenvalue weighted by molar-refractivity contribution is 6.31. The molecule has 122 valence electrons. The van der Waals surface area contributed by atoms with Gasteiger partial charge in [-0.05, 0) is 31.3 Å². The molecule has 0 saturated heterocycles. The lowest BCUT2D eigenvalue weighted by molar-refractivity contribution is -0.123. The Kier molecular flexibility index (Phi) is 6.35. The van der Waals surface area contributed by atoms with Crippen LogP contribution in [0.5, 0.6) is 0 Å². The van der Waals surface area contributed by atoms with E-state index in [4.69, 9.17) is 11.6 Å². The molecule has 1 aliphatic carbocycles. The monoisotopic (exact) mass is 332 g/mol. The molecule has 1 heterocycles. The first kappa shape index (κ1) is 17.2. The number of hydrazine groups is 1.